The number of carbonyl (C=O) groups excluding carboxylic acids is 2. The van der Waals surface area contributed by atoms with Gasteiger partial charge in [-0.3, -0.25) is 9.59 Å². The number of primary sulfonamides is 1. The fourth-order valence-electron chi connectivity index (χ4n) is 2.67. The van der Waals surface area contributed by atoms with Crippen LogP contribution in [-0.2, 0) is 24.8 Å². The van der Waals surface area contributed by atoms with Crippen LogP contribution in [0.1, 0.15) is 17.3 Å². The minimum absolute atomic E-state index is 0.00894. The van der Waals surface area contributed by atoms with Crippen molar-refractivity contribution < 1.29 is 26.4 Å². The maximum atomic E-state index is 12.6. The summed E-state index contributed by atoms with van der Waals surface area (Å²) < 4.78 is 48.2. The van der Waals surface area contributed by atoms with Gasteiger partial charge < -0.3 is 5.32 Å². The fraction of sp³-hybridized carbons (Fsp3) is 0.125. The Hall–Kier alpha value is -2.76. The first-order chi connectivity index (χ1) is 12.5. The second kappa shape index (κ2) is 6.44. The summed E-state index contributed by atoms with van der Waals surface area (Å²) in [5, 5.41) is 7.45. The Morgan fingerprint density at radius 2 is 1.70 bits per heavy atom. The molecule has 0 saturated heterocycles. The number of carbonyl (C=O) groups is 2. The SMILES string of the molecule is C[C@@H](C(=O)Nc1ccc(S(N)(=O)=O)cc1)N1C(=O)c2ccccc2S1(=O)=O. The molecule has 0 saturated carbocycles. The van der Waals surface area contributed by atoms with Crippen LogP contribution in [-0.4, -0.2) is 39.0 Å². The highest BCUT2D eigenvalue weighted by atomic mass is 32.2. The summed E-state index contributed by atoms with van der Waals surface area (Å²) in [6, 6.07) is 9.40. The van der Waals surface area contributed by atoms with Crippen LogP contribution in [0.15, 0.2) is 58.3 Å². The van der Waals surface area contributed by atoms with Crippen molar-refractivity contribution in [1.82, 2.24) is 4.31 Å². The Bertz CT molecular complexity index is 1140. The molecule has 0 radical (unpaired) electrons. The molecule has 0 bridgehead atoms. The molecule has 0 unspecified atom stereocenters. The van der Waals surface area contributed by atoms with Crippen molar-refractivity contribution in [3.63, 3.8) is 0 Å². The molecule has 2 aromatic rings. The molecular weight excluding hydrogens is 394 g/mol. The van der Waals surface area contributed by atoms with Crippen molar-refractivity contribution in [1.29, 1.82) is 0 Å². The molecule has 3 rings (SSSR count). The Kier molecular flexibility index (Phi) is 4.54. The number of fused-ring (bicyclic) bond motifs is 1. The van der Waals surface area contributed by atoms with Gasteiger partial charge in [-0.2, -0.15) is 0 Å². The lowest BCUT2D eigenvalue weighted by atomic mass is 10.2. The van der Waals surface area contributed by atoms with Crippen molar-refractivity contribution >= 4 is 37.5 Å². The van der Waals surface area contributed by atoms with Crippen LogP contribution in [0.25, 0.3) is 0 Å². The highest BCUT2D eigenvalue weighted by Crippen LogP contribution is 2.31. The highest BCUT2D eigenvalue weighted by molar-refractivity contribution is 7.90. The van der Waals surface area contributed by atoms with E-state index < -0.39 is 37.9 Å². The zero-order valence-corrected chi connectivity index (χ0v) is 15.6. The number of hydrogen-bond acceptors (Lipinski definition) is 6. The molecule has 1 heterocycles. The Balaban J connectivity index is 1.83. The highest BCUT2D eigenvalue weighted by Gasteiger charge is 2.45. The third-order valence-corrected chi connectivity index (χ3v) is 6.88. The molecule has 0 aliphatic carbocycles. The van der Waals surface area contributed by atoms with Crippen molar-refractivity contribution in [3.05, 3.63) is 54.1 Å². The molecule has 0 aromatic heterocycles. The average Bonchev–Trinajstić information content (AvgIpc) is 2.80. The maximum Gasteiger partial charge on any atom is 0.269 e. The first-order valence-electron chi connectivity index (χ1n) is 7.65. The van der Waals surface area contributed by atoms with Crippen LogP contribution in [0, 0.1) is 0 Å². The molecule has 2 amide bonds. The number of nitrogens with zero attached hydrogens (tertiary/aromatic N) is 1. The van der Waals surface area contributed by atoms with Gasteiger partial charge in [-0.15, -0.1) is 0 Å². The lowest BCUT2D eigenvalue weighted by molar-refractivity contribution is -0.118. The van der Waals surface area contributed by atoms with Gasteiger partial charge in [0.15, 0.2) is 0 Å². The molecule has 1 atom stereocenters. The molecule has 0 spiro atoms. The zero-order chi connectivity index (χ0) is 20.0. The lowest BCUT2D eigenvalue weighted by Crippen LogP contribution is -2.45. The summed E-state index contributed by atoms with van der Waals surface area (Å²) in [4.78, 5) is 24.6. The van der Waals surface area contributed by atoms with Crippen molar-refractivity contribution in [2.24, 2.45) is 5.14 Å². The third kappa shape index (κ3) is 3.31. The largest absolute Gasteiger partial charge is 0.324 e. The third-order valence-electron chi connectivity index (χ3n) is 4.04. The van der Waals surface area contributed by atoms with Gasteiger partial charge in [-0.25, -0.2) is 26.3 Å². The quantitative estimate of drug-likeness (QED) is 0.753. The Morgan fingerprint density at radius 1 is 1.11 bits per heavy atom. The van der Waals surface area contributed by atoms with E-state index in [1.807, 2.05) is 0 Å². The number of nitrogens with two attached hydrogens (primary N) is 1. The molecular formula is C16H15N3O6S2. The van der Waals surface area contributed by atoms with E-state index in [-0.39, 0.29) is 21.0 Å². The molecule has 27 heavy (non-hydrogen) atoms. The summed E-state index contributed by atoms with van der Waals surface area (Å²) in [6.45, 7) is 1.29. The second-order valence-corrected chi connectivity index (χ2v) is 9.18. The van der Waals surface area contributed by atoms with Gasteiger partial charge in [0.25, 0.3) is 15.9 Å². The average molecular weight is 409 g/mol. The van der Waals surface area contributed by atoms with Crippen LogP contribution in [0.2, 0.25) is 0 Å². The van der Waals surface area contributed by atoms with Crippen molar-refractivity contribution in [2.45, 2.75) is 22.8 Å². The summed E-state index contributed by atoms with van der Waals surface area (Å²) in [6.07, 6.45) is 0. The molecule has 0 fully saturated rings. The van der Waals surface area contributed by atoms with Gasteiger partial charge in [0.1, 0.15) is 10.9 Å². The smallest absolute Gasteiger partial charge is 0.269 e. The summed E-state index contributed by atoms with van der Waals surface area (Å²) in [5.74, 6) is -1.53. The minimum Gasteiger partial charge on any atom is -0.324 e. The number of sulfonamides is 2. The van der Waals surface area contributed by atoms with Crippen LogP contribution >= 0.6 is 0 Å². The van der Waals surface area contributed by atoms with E-state index in [4.69, 9.17) is 5.14 Å². The van der Waals surface area contributed by atoms with E-state index in [0.29, 0.717) is 4.31 Å². The molecule has 9 nitrogen and oxygen atoms in total. The number of amides is 2. The van der Waals surface area contributed by atoms with Gasteiger partial charge in [-0.1, -0.05) is 12.1 Å². The number of rotatable bonds is 4. The summed E-state index contributed by atoms with van der Waals surface area (Å²) >= 11 is 0. The van der Waals surface area contributed by atoms with Crippen molar-refractivity contribution in [2.75, 3.05) is 5.32 Å². The Morgan fingerprint density at radius 3 is 2.26 bits per heavy atom. The minimum atomic E-state index is -4.13. The van der Waals surface area contributed by atoms with Crippen molar-refractivity contribution in [3.8, 4) is 0 Å². The van der Waals surface area contributed by atoms with Crippen LogP contribution < -0.4 is 10.5 Å². The van der Waals surface area contributed by atoms with Crippen LogP contribution in [0.3, 0.4) is 0 Å². The van der Waals surface area contributed by atoms with E-state index in [1.165, 1.54) is 55.5 Å². The molecule has 3 N–H and O–H groups in total. The maximum absolute atomic E-state index is 12.6. The predicted octanol–water partition coefficient (Wildman–Crippen LogP) is 0.506. The first kappa shape index (κ1) is 19.0. The zero-order valence-electron chi connectivity index (χ0n) is 14.0. The van der Waals surface area contributed by atoms with E-state index in [9.17, 15) is 26.4 Å². The van der Waals surface area contributed by atoms with Gasteiger partial charge in [0.2, 0.25) is 15.9 Å². The topological polar surface area (TPSA) is 144 Å². The monoisotopic (exact) mass is 409 g/mol. The van der Waals surface area contributed by atoms with E-state index in [2.05, 4.69) is 5.32 Å². The van der Waals surface area contributed by atoms with Gasteiger partial charge >= 0.3 is 0 Å². The number of benzene rings is 2. The van der Waals surface area contributed by atoms with E-state index in [0.717, 1.165) is 0 Å². The standard InChI is InChI=1S/C16H15N3O6S2/c1-10(15(20)18-11-6-8-12(9-7-11)26(17,22)23)19-16(21)13-4-2-3-5-14(13)27(19,24)25/h2-10H,1H3,(H,18,20)(H2,17,22,23)/t10-/m0/s1. The molecule has 11 heteroatoms. The molecule has 1 aliphatic heterocycles. The summed E-state index contributed by atoms with van der Waals surface area (Å²) in [5.41, 5.74) is 0.232. The molecule has 1 aliphatic rings. The fourth-order valence-corrected chi connectivity index (χ4v) is 4.91. The van der Waals surface area contributed by atoms with E-state index in [1.54, 1.807) is 0 Å². The predicted molar refractivity (Wildman–Crippen MR) is 95.7 cm³/mol. The van der Waals surface area contributed by atoms with Crippen LogP contribution in [0.5, 0.6) is 0 Å². The van der Waals surface area contributed by atoms with Gasteiger partial charge in [-0.05, 0) is 43.3 Å². The summed E-state index contributed by atoms with van der Waals surface area (Å²) in [7, 11) is -8.01. The van der Waals surface area contributed by atoms with Gasteiger partial charge in [0, 0.05) is 5.69 Å². The second-order valence-electron chi connectivity index (χ2n) is 5.84. The Labute approximate surface area is 155 Å². The number of nitrogens with one attached hydrogen (secondary N) is 1. The van der Waals surface area contributed by atoms with E-state index >= 15 is 0 Å². The first-order valence-corrected chi connectivity index (χ1v) is 10.6. The number of anilines is 1. The normalized spacial score (nSPS) is 16.7. The lowest BCUT2D eigenvalue weighted by Gasteiger charge is -2.22. The number of hydrogen-bond donors (Lipinski definition) is 2. The molecule has 2 aromatic carbocycles. The van der Waals surface area contributed by atoms with Gasteiger partial charge in [0.05, 0.1) is 10.5 Å². The molecule has 142 valence electrons. The van der Waals surface area contributed by atoms with Crippen LogP contribution in [0.4, 0.5) is 5.69 Å².